The highest BCUT2D eigenvalue weighted by atomic mass is 14.5. The largest absolute Gasteiger partial charge is 0.330 e. The molecule has 0 fully saturated rings. The molecular formula is C14H23N. The van der Waals surface area contributed by atoms with E-state index in [1.54, 1.807) is 0 Å². The van der Waals surface area contributed by atoms with Crippen LogP contribution in [-0.2, 0) is 6.42 Å². The Labute approximate surface area is 93.7 Å². The van der Waals surface area contributed by atoms with E-state index in [1.807, 2.05) is 0 Å². The molecule has 0 aliphatic heterocycles. The minimum Gasteiger partial charge on any atom is -0.330 e. The first-order valence-corrected chi connectivity index (χ1v) is 6.03. The van der Waals surface area contributed by atoms with Crippen molar-refractivity contribution in [1.82, 2.24) is 0 Å². The first-order chi connectivity index (χ1) is 7.24. The molecule has 1 aromatic carbocycles. The van der Waals surface area contributed by atoms with Gasteiger partial charge in [0.05, 0.1) is 0 Å². The summed E-state index contributed by atoms with van der Waals surface area (Å²) in [4.78, 5) is 0. The van der Waals surface area contributed by atoms with E-state index >= 15 is 0 Å². The predicted octanol–water partition coefficient (Wildman–Crippen LogP) is 3.48. The molecule has 15 heavy (non-hydrogen) atoms. The second-order valence-electron chi connectivity index (χ2n) is 4.50. The quantitative estimate of drug-likeness (QED) is 0.707. The molecule has 0 radical (unpaired) electrons. The van der Waals surface area contributed by atoms with Crippen LogP contribution < -0.4 is 5.73 Å². The average Bonchev–Trinajstić information content (AvgIpc) is 2.25. The van der Waals surface area contributed by atoms with E-state index in [-0.39, 0.29) is 0 Å². The average molecular weight is 205 g/mol. The van der Waals surface area contributed by atoms with Gasteiger partial charge < -0.3 is 5.73 Å². The van der Waals surface area contributed by atoms with Gasteiger partial charge in [-0.05, 0) is 42.9 Å². The topological polar surface area (TPSA) is 26.0 Å². The monoisotopic (exact) mass is 205 g/mol. The van der Waals surface area contributed by atoms with Gasteiger partial charge in [-0.25, -0.2) is 0 Å². The molecule has 0 aliphatic rings. The fraction of sp³-hybridized carbons (Fsp3) is 0.571. The van der Waals surface area contributed by atoms with Crippen LogP contribution in [0.25, 0.3) is 0 Å². The number of hydrogen-bond acceptors (Lipinski definition) is 1. The zero-order chi connectivity index (χ0) is 11.1. The Kier molecular flexibility index (Phi) is 5.41. The highest BCUT2D eigenvalue weighted by Crippen LogP contribution is 2.15. The third-order valence-electron chi connectivity index (χ3n) is 2.82. The molecule has 0 aliphatic carbocycles. The second-order valence-corrected chi connectivity index (χ2v) is 4.50. The van der Waals surface area contributed by atoms with Gasteiger partial charge in [-0.15, -0.1) is 0 Å². The molecule has 1 heteroatoms. The van der Waals surface area contributed by atoms with E-state index in [9.17, 15) is 0 Å². The summed E-state index contributed by atoms with van der Waals surface area (Å²) in [7, 11) is 0. The number of hydrogen-bond donors (Lipinski definition) is 1. The van der Waals surface area contributed by atoms with Crippen LogP contribution in [0.15, 0.2) is 24.3 Å². The van der Waals surface area contributed by atoms with Crippen molar-refractivity contribution in [3.8, 4) is 0 Å². The van der Waals surface area contributed by atoms with E-state index in [0.717, 1.165) is 13.0 Å². The first-order valence-electron chi connectivity index (χ1n) is 6.03. The smallest absolute Gasteiger partial charge is 0.00773 e. The van der Waals surface area contributed by atoms with Gasteiger partial charge in [-0.3, -0.25) is 0 Å². The molecule has 0 bridgehead atoms. The summed E-state index contributed by atoms with van der Waals surface area (Å²) in [6.07, 6.45) is 4.86. The van der Waals surface area contributed by atoms with Crippen LogP contribution in [0.5, 0.6) is 0 Å². The van der Waals surface area contributed by atoms with Crippen LogP contribution in [0.4, 0.5) is 0 Å². The van der Waals surface area contributed by atoms with Gasteiger partial charge in [0.25, 0.3) is 0 Å². The normalized spacial score (nSPS) is 10.9. The maximum Gasteiger partial charge on any atom is -0.00773 e. The molecule has 0 heterocycles. The number of benzene rings is 1. The van der Waals surface area contributed by atoms with Gasteiger partial charge in [-0.1, -0.05) is 44.5 Å². The highest BCUT2D eigenvalue weighted by Gasteiger charge is 1.98. The fourth-order valence-corrected chi connectivity index (χ4v) is 1.72. The lowest BCUT2D eigenvalue weighted by Gasteiger charge is -2.06. The standard InChI is InChI=1S/C14H23N/c1-12(2)14-9-7-13(8-10-14)6-4-3-5-11-15/h7-10,12H,3-6,11,15H2,1-2H3. The molecule has 1 rings (SSSR count). The van der Waals surface area contributed by atoms with Crippen molar-refractivity contribution in [3.63, 3.8) is 0 Å². The van der Waals surface area contributed by atoms with Crippen LogP contribution in [-0.4, -0.2) is 6.54 Å². The summed E-state index contributed by atoms with van der Waals surface area (Å²) in [6.45, 7) is 5.29. The van der Waals surface area contributed by atoms with Crippen LogP contribution in [0.1, 0.15) is 50.2 Å². The van der Waals surface area contributed by atoms with Gasteiger partial charge in [0.2, 0.25) is 0 Å². The maximum atomic E-state index is 5.46. The molecule has 1 aromatic rings. The minimum absolute atomic E-state index is 0.635. The molecule has 0 saturated carbocycles. The third kappa shape index (κ3) is 4.48. The molecule has 1 nitrogen and oxygen atoms in total. The summed E-state index contributed by atoms with van der Waals surface area (Å²) < 4.78 is 0. The van der Waals surface area contributed by atoms with Crippen molar-refractivity contribution in [3.05, 3.63) is 35.4 Å². The Morgan fingerprint density at radius 3 is 2.20 bits per heavy atom. The van der Waals surface area contributed by atoms with Gasteiger partial charge in [0.1, 0.15) is 0 Å². The van der Waals surface area contributed by atoms with Crippen molar-refractivity contribution >= 4 is 0 Å². The van der Waals surface area contributed by atoms with E-state index in [2.05, 4.69) is 38.1 Å². The SMILES string of the molecule is CC(C)c1ccc(CCCCCN)cc1. The molecule has 0 saturated heterocycles. The van der Waals surface area contributed by atoms with Crippen molar-refractivity contribution in [1.29, 1.82) is 0 Å². The lowest BCUT2D eigenvalue weighted by atomic mass is 10.00. The van der Waals surface area contributed by atoms with E-state index in [1.165, 1.54) is 30.4 Å². The third-order valence-corrected chi connectivity index (χ3v) is 2.82. The summed E-state index contributed by atoms with van der Waals surface area (Å²) in [5.74, 6) is 0.635. The van der Waals surface area contributed by atoms with Crippen molar-refractivity contribution in [2.45, 2.75) is 45.4 Å². The molecule has 0 unspecified atom stereocenters. The summed E-state index contributed by atoms with van der Waals surface area (Å²) in [6, 6.07) is 9.03. The molecule has 0 aromatic heterocycles. The maximum absolute atomic E-state index is 5.46. The summed E-state index contributed by atoms with van der Waals surface area (Å²) in [5, 5.41) is 0. The lowest BCUT2D eigenvalue weighted by molar-refractivity contribution is 0.686. The molecule has 0 amide bonds. The Balaban J connectivity index is 2.36. The number of aryl methyl sites for hydroxylation is 1. The zero-order valence-electron chi connectivity index (χ0n) is 10.00. The zero-order valence-corrected chi connectivity index (χ0v) is 10.00. The molecule has 0 spiro atoms. The van der Waals surface area contributed by atoms with Gasteiger partial charge in [-0.2, -0.15) is 0 Å². The van der Waals surface area contributed by atoms with E-state index in [0.29, 0.717) is 5.92 Å². The Hall–Kier alpha value is -0.820. The number of unbranched alkanes of at least 4 members (excludes halogenated alkanes) is 2. The first kappa shape index (κ1) is 12.3. The minimum atomic E-state index is 0.635. The van der Waals surface area contributed by atoms with E-state index in [4.69, 9.17) is 5.73 Å². The molecule has 84 valence electrons. The van der Waals surface area contributed by atoms with Gasteiger partial charge >= 0.3 is 0 Å². The van der Waals surface area contributed by atoms with Crippen LogP contribution in [0.3, 0.4) is 0 Å². The second kappa shape index (κ2) is 6.62. The fourth-order valence-electron chi connectivity index (χ4n) is 1.72. The Morgan fingerprint density at radius 1 is 1.00 bits per heavy atom. The molecular weight excluding hydrogens is 182 g/mol. The summed E-state index contributed by atoms with van der Waals surface area (Å²) in [5.41, 5.74) is 8.35. The van der Waals surface area contributed by atoms with Gasteiger partial charge in [0.15, 0.2) is 0 Å². The van der Waals surface area contributed by atoms with Crippen molar-refractivity contribution in [2.24, 2.45) is 5.73 Å². The van der Waals surface area contributed by atoms with Crippen LogP contribution >= 0.6 is 0 Å². The van der Waals surface area contributed by atoms with Crippen molar-refractivity contribution in [2.75, 3.05) is 6.54 Å². The van der Waals surface area contributed by atoms with Gasteiger partial charge in [0, 0.05) is 0 Å². The van der Waals surface area contributed by atoms with E-state index < -0.39 is 0 Å². The Morgan fingerprint density at radius 2 is 1.67 bits per heavy atom. The highest BCUT2D eigenvalue weighted by molar-refractivity contribution is 5.24. The number of nitrogens with two attached hydrogens (primary N) is 1. The summed E-state index contributed by atoms with van der Waals surface area (Å²) >= 11 is 0. The Bertz CT molecular complexity index is 261. The predicted molar refractivity (Wildman–Crippen MR) is 67.1 cm³/mol. The number of rotatable bonds is 6. The van der Waals surface area contributed by atoms with Crippen molar-refractivity contribution < 1.29 is 0 Å². The molecule has 0 atom stereocenters. The van der Waals surface area contributed by atoms with Crippen LogP contribution in [0, 0.1) is 0 Å². The molecule has 2 N–H and O–H groups in total. The van der Waals surface area contributed by atoms with Crippen LogP contribution in [0.2, 0.25) is 0 Å². The lowest BCUT2D eigenvalue weighted by Crippen LogP contribution is -1.98.